The summed E-state index contributed by atoms with van der Waals surface area (Å²) in [5.41, 5.74) is 1.06. The number of ether oxygens (including phenoxy) is 1. The van der Waals surface area contributed by atoms with Crippen LogP contribution in [0, 0.1) is 23.2 Å². The summed E-state index contributed by atoms with van der Waals surface area (Å²) in [6.45, 7) is 9.65. The van der Waals surface area contributed by atoms with E-state index in [-0.39, 0.29) is 35.9 Å². The third-order valence-corrected chi connectivity index (χ3v) is 7.91. The fourth-order valence-corrected chi connectivity index (χ4v) is 5.89. The third kappa shape index (κ3) is 3.24. The predicted octanol–water partition coefficient (Wildman–Crippen LogP) is 0.881. The molecule has 0 spiro atoms. The molecule has 0 aromatic heterocycles. The van der Waals surface area contributed by atoms with Gasteiger partial charge in [0.25, 0.3) is 0 Å². The molecule has 3 fully saturated rings. The van der Waals surface area contributed by atoms with Crippen molar-refractivity contribution in [3.8, 4) is 0 Å². The van der Waals surface area contributed by atoms with Crippen LogP contribution in [0.4, 0.5) is 0 Å². The molecule has 0 unspecified atom stereocenters. The second-order valence-corrected chi connectivity index (χ2v) is 9.16. The number of carbonyl (C=O) groups excluding carboxylic acids is 1. The molecule has 27 heavy (non-hydrogen) atoms. The van der Waals surface area contributed by atoms with Crippen LogP contribution in [-0.4, -0.2) is 84.1 Å². The number of aliphatic hydroxyl groups is 2. The molecule has 0 aromatic rings. The number of hydrogen-bond donors (Lipinski definition) is 2. The van der Waals surface area contributed by atoms with Crippen molar-refractivity contribution >= 4 is 5.97 Å². The van der Waals surface area contributed by atoms with Crippen molar-refractivity contribution in [2.45, 2.75) is 45.3 Å². The Bertz CT molecular complexity index is 601. The molecule has 4 aliphatic rings. The number of nitrogens with zero attached hydrogens (tertiary/aromatic N) is 2. The molecule has 0 radical (unpaired) electrons. The minimum Gasteiger partial charge on any atom is -0.461 e. The lowest BCUT2D eigenvalue weighted by Gasteiger charge is -2.52. The number of rotatable bonds is 4. The highest BCUT2D eigenvalue weighted by molar-refractivity contribution is 5.76. The van der Waals surface area contributed by atoms with E-state index in [4.69, 9.17) is 9.84 Å². The lowest BCUT2D eigenvalue weighted by Crippen LogP contribution is -2.55. The highest BCUT2D eigenvalue weighted by atomic mass is 16.6. The van der Waals surface area contributed by atoms with E-state index in [0.29, 0.717) is 19.0 Å². The van der Waals surface area contributed by atoms with E-state index in [0.717, 1.165) is 45.4 Å². The number of fused-ring (bicyclic) bond motifs is 2. The molecule has 2 saturated heterocycles. The SMILES string of the molecule is C[C@H]1CCC=C2C[C@H]3OC(=O)[C@@H](CN4CCN(CCO)CC4)[C@H]3[C@@H](O)[C@@]21C. The second kappa shape index (κ2) is 7.47. The van der Waals surface area contributed by atoms with Crippen molar-refractivity contribution in [3.63, 3.8) is 0 Å². The zero-order valence-corrected chi connectivity index (χ0v) is 16.6. The van der Waals surface area contributed by atoms with Gasteiger partial charge in [-0.2, -0.15) is 0 Å². The van der Waals surface area contributed by atoms with Gasteiger partial charge in [-0.25, -0.2) is 0 Å². The number of carbonyl (C=O) groups is 1. The van der Waals surface area contributed by atoms with Crippen molar-refractivity contribution in [3.05, 3.63) is 11.6 Å². The Kier molecular flexibility index (Phi) is 5.36. The smallest absolute Gasteiger partial charge is 0.311 e. The van der Waals surface area contributed by atoms with Gasteiger partial charge >= 0.3 is 5.97 Å². The molecule has 0 amide bonds. The van der Waals surface area contributed by atoms with Crippen LogP contribution in [-0.2, 0) is 9.53 Å². The average Bonchev–Trinajstić information content (AvgIpc) is 2.95. The summed E-state index contributed by atoms with van der Waals surface area (Å²) < 4.78 is 5.77. The van der Waals surface area contributed by atoms with E-state index in [1.807, 2.05) is 0 Å². The van der Waals surface area contributed by atoms with Crippen LogP contribution in [0.5, 0.6) is 0 Å². The molecule has 1 saturated carbocycles. The molecule has 2 aliphatic heterocycles. The molecule has 2 heterocycles. The van der Waals surface area contributed by atoms with E-state index < -0.39 is 6.10 Å². The van der Waals surface area contributed by atoms with Gasteiger partial charge in [0.05, 0.1) is 18.6 Å². The molecular weight excluding hydrogens is 344 g/mol. The van der Waals surface area contributed by atoms with Crippen molar-refractivity contribution in [2.75, 3.05) is 45.9 Å². The van der Waals surface area contributed by atoms with Crippen LogP contribution >= 0.6 is 0 Å². The van der Waals surface area contributed by atoms with Crippen LogP contribution in [0.1, 0.15) is 33.1 Å². The molecule has 6 nitrogen and oxygen atoms in total. The van der Waals surface area contributed by atoms with Crippen molar-refractivity contribution < 1.29 is 19.7 Å². The van der Waals surface area contributed by atoms with Gasteiger partial charge in [-0.15, -0.1) is 0 Å². The molecule has 0 aromatic carbocycles. The molecule has 2 aliphatic carbocycles. The maximum Gasteiger partial charge on any atom is 0.311 e. The topological polar surface area (TPSA) is 73.2 Å². The van der Waals surface area contributed by atoms with Crippen LogP contribution in [0.2, 0.25) is 0 Å². The van der Waals surface area contributed by atoms with Gasteiger partial charge in [0, 0.05) is 57.0 Å². The van der Waals surface area contributed by atoms with Gasteiger partial charge in [-0.1, -0.05) is 25.5 Å². The van der Waals surface area contributed by atoms with E-state index in [9.17, 15) is 9.90 Å². The van der Waals surface area contributed by atoms with E-state index >= 15 is 0 Å². The zero-order chi connectivity index (χ0) is 19.2. The van der Waals surface area contributed by atoms with Crippen molar-refractivity contribution in [2.24, 2.45) is 23.2 Å². The first-order valence-corrected chi connectivity index (χ1v) is 10.6. The van der Waals surface area contributed by atoms with Crippen LogP contribution < -0.4 is 0 Å². The zero-order valence-electron chi connectivity index (χ0n) is 16.6. The van der Waals surface area contributed by atoms with Crippen LogP contribution in [0.25, 0.3) is 0 Å². The summed E-state index contributed by atoms with van der Waals surface area (Å²) in [7, 11) is 0. The fourth-order valence-electron chi connectivity index (χ4n) is 5.89. The number of allylic oxidation sites excluding steroid dienone is 1. The quantitative estimate of drug-likeness (QED) is 0.559. The Morgan fingerprint density at radius 2 is 1.96 bits per heavy atom. The highest BCUT2D eigenvalue weighted by Gasteiger charge is 2.59. The Morgan fingerprint density at radius 1 is 1.26 bits per heavy atom. The maximum atomic E-state index is 12.7. The van der Waals surface area contributed by atoms with Gasteiger partial charge < -0.3 is 14.9 Å². The lowest BCUT2D eigenvalue weighted by molar-refractivity contribution is -0.145. The molecule has 0 bridgehead atoms. The molecule has 6 heteroatoms. The van der Waals surface area contributed by atoms with Gasteiger partial charge in [-0.05, 0) is 18.8 Å². The van der Waals surface area contributed by atoms with E-state index in [1.54, 1.807) is 0 Å². The summed E-state index contributed by atoms with van der Waals surface area (Å²) in [5.74, 6) is -0.0401. The molecule has 6 atom stereocenters. The monoisotopic (exact) mass is 378 g/mol. The largest absolute Gasteiger partial charge is 0.461 e. The number of aliphatic hydroxyl groups excluding tert-OH is 2. The normalized spacial score (nSPS) is 43.0. The third-order valence-electron chi connectivity index (χ3n) is 7.91. The second-order valence-electron chi connectivity index (χ2n) is 9.16. The van der Waals surface area contributed by atoms with Gasteiger partial charge in [0.2, 0.25) is 0 Å². The van der Waals surface area contributed by atoms with E-state index in [1.165, 1.54) is 5.57 Å². The Morgan fingerprint density at radius 3 is 2.67 bits per heavy atom. The van der Waals surface area contributed by atoms with Gasteiger partial charge in [0.1, 0.15) is 6.10 Å². The Balaban J connectivity index is 1.48. The molecular formula is C21H34N2O4. The fraction of sp³-hybridized carbons (Fsp3) is 0.857. The minimum absolute atomic E-state index is 0.101. The maximum absolute atomic E-state index is 12.7. The average molecular weight is 379 g/mol. The lowest BCUT2D eigenvalue weighted by atomic mass is 9.55. The molecule has 2 N–H and O–H groups in total. The summed E-state index contributed by atoms with van der Waals surface area (Å²) in [4.78, 5) is 17.3. The van der Waals surface area contributed by atoms with Gasteiger partial charge in [-0.3, -0.25) is 14.6 Å². The number of β-amino-alcohol motifs (C(OH)–C–C–N with tert-alkyl or cyclic N) is 1. The van der Waals surface area contributed by atoms with Gasteiger partial charge in [0.15, 0.2) is 0 Å². The first kappa shape index (κ1) is 19.4. The first-order chi connectivity index (χ1) is 12.9. The number of piperazine rings is 1. The predicted molar refractivity (Wildman–Crippen MR) is 102 cm³/mol. The van der Waals surface area contributed by atoms with Crippen LogP contribution in [0.3, 0.4) is 0 Å². The van der Waals surface area contributed by atoms with Crippen molar-refractivity contribution in [1.82, 2.24) is 9.80 Å². The number of hydrogen-bond acceptors (Lipinski definition) is 6. The van der Waals surface area contributed by atoms with Crippen molar-refractivity contribution in [1.29, 1.82) is 0 Å². The minimum atomic E-state index is -0.523. The molecule has 152 valence electrons. The standard InChI is InChI=1S/C21H34N2O4/c1-14-4-3-5-15-12-17-18(19(25)21(14,15)2)16(20(26)27-17)13-23-8-6-22(7-9-23)10-11-24/h5,14,16-19,24-25H,3-4,6-13H2,1-2H3/t14-,16-,17+,18+,19+,21+/m0/s1. The summed E-state index contributed by atoms with van der Waals surface area (Å²) in [5, 5.41) is 20.5. The molecule has 4 rings (SSSR count). The Labute approximate surface area is 162 Å². The first-order valence-electron chi connectivity index (χ1n) is 10.6. The Hall–Kier alpha value is -0.950. The number of esters is 1. The summed E-state index contributed by atoms with van der Waals surface area (Å²) in [6, 6.07) is 0. The summed E-state index contributed by atoms with van der Waals surface area (Å²) >= 11 is 0. The van der Waals surface area contributed by atoms with Crippen LogP contribution in [0.15, 0.2) is 11.6 Å². The summed E-state index contributed by atoms with van der Waals surface area (Å²) in [6.07, 6.45) is 4.53. The highest BCUT2D eigenvalue weighted by Crippen LogP contribution is 2.56. The van der Waals surface area contributed by atoms with E-state index in [2.05, 4.69) is 29.7 Å².